The Kier molecular flexibility index (Phi) is 2.48. The average Bonchev–Trinajstić information content (AvgIpc) is 2.86. The van der Waals surface area contributed by atoms with E-state index in [2.05, 4.69) is 9.97 Å². The molecule has 0 fully saturated rings. The first-order valence-corrected chi connectivity index (χ1v) is 5.84. The van der Waals surface area contributed by atoms with Crippen LogP contribution in [-0.4, -0.2) is 14.5 Å². The number of rotatable bonds is 2. The first-order chi connectivity index (χ1) is 8.63. The summed E-state index contributed by atoms with van der Waals surface area (Å²) in [7, 11) is 0. The van der Waals surface area contributed by atoms with Crippen molar-refractivity contribution in [3.63, 3.8) is 0 Å². The first-order valence-electron chi connectivity index (χ1n) is 5.46. The summed E-state index contributed by atoms with van der Waals surface area (Å²) in [6, 6.07) is 5.46. The molecule has 0 amide bonds. The zero-order valence-electron chi connectivity index (χ0n) is 9.72. The Balaban J connectivity index is 2.10. The van der Waals surface area contributed by atoms with E-state index < -0.39 is 0 Å². The zero-order chi connectivity index (χ0) is 12.7. The van der Waals surface area contributed by atoms with Crippen LogP contribution >= 0.6 is 11.6 Å². The Morgan fingerprint density at radius 3 is 3.00 bits per heavy atom. The van der Waals surface area contributed by atoms with Crippen LogP contribution in [0.1, 0.15) is 11.7 Å². The van der Waals surface area contributed by atoms with Gasteiger partial charge in [0, 0.05) is 5.02 Å². The highest BCUT2D eigenvalue weighted by molar-refractivity contribution is 6.31. The summed E-state index contributed by atoms with van der Waals surface area (Å²) in [5.74, 6) is 1.78. The van der Waals surface area contributed by atoms with Crippen LogP contribution in [-0.2, 0) is 6.54 Å². The van der Waals surface area contributed by atoms with E-state index in [-0.39, 0.29) is 0 Å². The van der Waals surface area contributed by atoms with Crippen LogP contribution in [0.5, 0.6) is 0 Å². The summed E-state index contributed by atoms with van der Waals surface area (Å²) < 4.78 is 7.27. The van der Waals surface area contributed by atoms with Gasteiger partial charge in [0.15, 0.2) is 0 Å². The Bertz CT molecular complexity index is 716. The van der Waals surface area contributed by atoms with Crippen molar-refractivity contribution >= 4 is 28.6 Å². The highest BCUT2D eigenvalue weighted by Crippen LogP contribution is 2.22. The van der Waals surface area contributed by atoms with Gasteiger partial charge < -0.3 is 14.7 Å². The van der Waals surface area contributed by atoms with Gasteiger partial charge in [-0.15, -0.1) is 0 Å². The average molecular weight is 263 g/mol. The number of imidazole rings is 1. The molecule has 6 heteroatoms. The second-order valence-electron chi connectivity index (χ2n) is 4.05. The molecule has 5 nitrogen and oxygen atoms in total. The Morgan fingerprint density at radius 1 is 1.44 bits per heavy atom. The minimum atomic E-state index is 0.420. The number of hydrogen-bond acceptors (Lipinski definition) is 4. The number of nitrogen functional groups attached to an aromatic ring is 1. The van der Waals surface area contributed by atoms with Crippen LogP contribution in [0.25, 0.3) is 11.0 Å². The summed E-state index contributed by atoms with van der Waals surface area (Å²) in [6.45, 7) is 2.29. The number of aromatic nitrogens is 3. The van der Waals surface area contributed by atoms with E-state index >= 15 is 0 Å². The quantitative estimate of drug-likeness (QED) is 0.771. The fourth-order valence-electron chi connectivity index (χ4n) is 1.89. The molecule has 0 saturated heterocycles. The number of halogens is 1. The number of nitrogens with zero attached hydrogens (tertiary/aromatic N) is 3. The highest BCUT2D eigenvalue weighted by Gasteiger charge is 2.11. The number of anilines is 1. The van der Waals surface area contributed by atoms with Crippen molar-refractivity contribution in [3.05, 3.63) is 41.1 Å². The Hall–Kier alpha value is -2.01. The predicted molar refractivity (Wildman–Crippen MR) is 69.5 cm³/mol. The van der Waals surface area contributed by atoms with Crippen LogP contribution in [0.3, 0.4) is 0 Å². The molecule has 3 aromatic rings. The highest BCUT2D eigenvalue weighted by atomic mass is 35.5. The lowest BCUT2D eigenvalue weighted by Gasteiger charge is -2.03. The normalized spacial score (nSPS) is 11.2. The third-order valence-electron chi connectivity index (χ3n) is 2.70. The number of hydrogen-bond donors (Lipinski definition) is 1. The van der Waals surface area contributed by atoms with Gasteiger partial charge in [0.1, 0.15) is 12.3 Å². The van der Waals surface area contributed by atoms with Gasteiger partial charge in [-0.1, -0.05) is 11.6 Å². The first kappa shape index (κ1) is 11.1. The van der Waals surface area contributed by atoms with Gasteiger partial charge in [-0.05, 0) is 25.1 Å². The number of benzene rings is 1. The number of fused-ring (bicyclic) bond motifs is 1. The molecule has 0 spiro atoms. The minimum absolute atomic E-state index is 0.420. The van der Waals surface area contributed by atoms with Crippen LogP contribution in [0.4, 0.5) is 5.95 Å². The van der Waals surface area contributed by atoms with Crippen molar-refractivity contribution in [2.75, 3.05) is 5.73 Å². The van der Waals surface area contributed by atoms with E-state index in [1.165, 1.54) is 0 Å². The van der Waals surface area contributed by atoms with Crippen molar-refractivity contribution < 1.29 is 4.42 Å². The molecule has 2 heterocycles. The molecule has 0 atom stereocenters. The lowest BCUT2D eigenvalue weighted by Crippen LogP contribution is -2.04. The van der Waals surface area contributed by atoms with Gasteiger partial charge in [0.2, 0.25) is 11.8 Å². The third kappa shape index (κ3) is 1.82. The van der Waals surface area contributed by atoms with Gasteiger partial charge in [0.05, 0.1) is 17.2 Å². The molecule has 0 saturated carbocycles. The van der Waals surface area contributed by atoms with Gasteiger partial charge in [-0.25, -0.2) is 9.97 Å². The Morgan fingerprint density at radius 2 is 2.28 bits per heavy atom. The molecule has 0 aliphatic carbocycles. The molecule has 2 aromatic heterocycles. The predicted octanol–water partition coefficient (Wildman–Crippen LogP) is 2.62. The van der Waals surface area contributed by atoms with E-state index in [1.54, 1.807) is 12.3 Å². The largest absolute Gasteiger partial charge is 0.444 e. The number of oxazole rings is 1. The SMILES string of the molecule is Cc1cnc(Cn2c(N)nc3ccc(Cl)cc32)o1. The van der Waals surface area contributed by atoms with Gasteiger partial charge >= 0.3 is 0 Å². The Labute approximate surface area is 108 Å². The van der Waals surface area contributed by atoms with E-state index in [0.29, 0.717) is 23.4 Å². The maximum absolute atomic E-state index is 5.99. The molecule has 2 N–H and O–H groups in total. The van der Waals surface area contributed by atoms with Crippen molar-refractivity contribution in [1.29, 1.82) is 0 Å². The van der Waals surface area contributed by atoms with Crippen LogP contribution in [0, 0.1) is 6.92 Å². The van der Waals surface area contributed by atoms with Crippen molar-refractivity contribution in [2.24, 2.45) is 0 Å². The van der Waals surface area contributed by atoms with E-state index in [0.717, 1.165) is 16.8 Å². The monoisotopic (exact) mass is 262 g/mol. The summed E-state index contributed by atoms with van der Waals surface area (Å²) >= 11 is 5.99. The fourth-order valence-corrected chi connectivity index (χ4v) is 2.06. The van der Waals surface area contributed by atoms with Crippen LogP contribution in [0.15, 0.2) is 28.8 Å². The molecule has 18 heavy (non-hydrogen) atoms. The number of aryl methyl sites for hydroxylation is 1. The molecule has 0 unspecified atom stereocenters. The molecule has 0 aliphatic heterocycles. The standard InChI is InChI=1S/C12H11ClN4O/c1-7-5-15-11(18-7)6-17-10-4-8(13)2-3-9(10)16-12(17)14/h2-5H,6H2,1H3,(H2,14,16). The van der Waals surface area contributed by atoms with Crippen molar-refractivity contribution in [3.8, 4) is 0 Å². The van der Waals surface area contributed by atoms with E-state index in [4.69, 9.17) is 21.8 Å². The van der Waals surface area contributed by atoms with Gasteiger partial charge in [0.25, 0.3) is 0 Å². The molecular weight excluding hydrogens is 252 g/mol. The maximum atomic E-state index is 5.99. The number of nitrogens with two attached hydrogens (primary N) is 1. The van der Waals surface area contributed by atoms with Crippen molar-refractivity contribution in [1.82, 2.24) is 14.5 Å². The van der Waals surface area contributed by atoms with Crippen LogP contribution < -0.4 is 5.73 Å². The van der Waals surface area contributed by atoms with E-state index in [9.17, 15) is 0 Å². The summed E-state index contributed by atoms with van der Waals surface area (Å²) in [6.07, 6.45) is 1.68. The summed E-state index contributed by atoms with van der Waals surface area (Å²) in [4.78, 5) is 8.43. The molecule has 92 valence electrons. The fraction of sp³-hybridized carbons (Fsp3) is 0.167. The summed E-state index contributed by atoms with van der Waals surface area (Å²) in [5.41, 5.74) is 7.57. The smallest absolute Gasteiger partial charge is 0.214 e. The second kappa shape index (κ2) is 4.03. The minimum Gasteiger partial charge on any atom is -0.444 e. The lowest BCUT2D eigenvalue weighted by molar-refractivity contribution is 0.461. The molecule has 0 bridgehead atoms. The second-order valence-corrected chi connectivity index (χ2v) is 4.49. The summed E-state index contributed by atoms with van der Waals surface area (Å²) in [5, 5.41) is 0.646. The van der Waals surface area contributed by atoms with Gasteiger partial charge in [-0.2, -0.15) is 0 Å². The molecule has 3 rings (SSSR count). The molecule has 0 radical (unpaired) electrons. The van der Waals surface area contributed by atoms with Crippen molar-refractivity contribution in [2.45, 2.75) is 13.5 Å². The maximum Gasteiger partial charge on any atom is 0.214 e. The molecule has 0 aliphatic rings. The van der Waals surface area contributed by atoms with Crippen LogP contribution in [0.2, 0.25) is 5.02 Å². The van der Waals surface area contributed by atoms with Gasteiger partial charge in [-0.3, -0.25) is 0 Å². The third-order valence-corrected chi connectivity index (χ3v) is 2.94. The molecule has 1 aromatic carbocycles. The molecular formula is C12H11ClN4O. The van der Waals surface area contributed by atoms with E-state index in [1.807, 2.05) is 23.6 Å². The lowest BCUT2D eigenvalue weighted by atomic mass is 10.3. The topological polar surface area (TPSA) is 69.9 Å². The zero-order valence-corrected chi connectivity index (χ0v) is 10.5.